The number of nitrogens with zero attached hydrogens (tertiary/aromatic N) is 5. The summed E-state index contributed by atoms with van der Waals surface area (Å²) in [7, 11) is -3.55. The summed E-state index contributed by atoms with van der Waals surface area (Å²) in [5, 5.41) is 4.22. The molecular formula is C19H26F3N5O2S. The topological polar surface area (TPSA) is 70.8 Å². The van der Waals surface area contributed by atoms with E-state index in [2.05, 4.69) is 10.1 Å². The molecule has 166 valence electrons. The molecule has 4 rings (SSSR count). The number of piperidine rings is 1. The van der Waals surface area contributed by atoms with Crippen LogP contribution in [0, 0.1) is 0 Å². The van der Waals surface area contributed by atoms with Crippen LogP contribution >= 0.6 is 0 Å². The maximum Gasteiger partial charge on any atom is 0.433 e. The van der Waals surface area contributed by atoms with Crippen LogP contribution in [0.25, 0.3) is 5.65 Å². The molecule has 11 heteroatoms. The second kappa shape index (κ2) is 7.76. The van der Waals surface area contributed by atoms with Gasteiger partial charge >= 0.3 is 6.18 Å². The van der Waals surface area contributed by atoms with Crippen molar-refractivity contribution in [2.24, 2.45) is 0 Å². The molecule has 0 spiro atoms. The van der Waals surface area contributed by atoms with E-state index in [1.165, 1.54) is 8.61 Å². The van der Waals surface area contributed by atoms with E-state index in [-0.39, 0.29) is 24.0 Å². The summed E-state index contributed by atoms with van der Waals surface area (Å²) in [6.07, 6.45) is -1.54. The Balaban J connectivity index is 1.67. The first-order chi connectivity index (χ1) is 14.1. The molecule has 30 heavy (non-hydrogen) atoms. The van der Waals surface area contributed by atoms with Crippen LogP contribution in [0.4, 0.5) is 13.2 Å². The van der Waals surface area contributed by atoms with Gasteiger partial charge in [0.05, 0.1) is 5.69 Å². The number of alkyl halides is 3. The maximum absolute atomic E-state index is 13.6. The van der Waals surface area contributed by atoms with Crippen molar-refractivity contribution in [1.82, 2.24) is 23.2 Å². The number of rotatable bonds is 4. The minimum absolute atomic E-state index is 0.142. The molecule has 0 amide bonds. The van der Waals surface area contributed by atoms with E-state index in [9.17, 15) is 21.6 Å². The monoisotopic (exact) mass is 445 g/mol. The number of hydrogen-bond acceptors (Lipinski definition) is 4. The normalized spacial score (nSPS) is 22.4. The molecule has 7 nitrogen and oxygen atoms in total. The molecule has 0 aromatic carbocycles. The average molecular weight is 446 g/mol. The molecule has 0 N–H and O–H groups in total. The molecule has 0 bridgehead atoms. The van der Waals surface area contributed by atoms with Gasteiger partial charge in [-0.2, -0.15) is 35.3 Å². The van der Waals surface area contributed by atoms with Crippen LogP contribution in [0.2, 0.25) is 0 Å². The van der Waals surface area contributed by atoms with Crippen LogP contribution in [0.5, 0.6) is 0 Å². The minimum Gasteiger partial charge on any atom is -0.233 e. The van der Waals surface area contributed by atoms with Gasteiger partial charge in [-0.05, 0) is 37.7 Å². The molecule has 4 heterocycles. The third-order valence-electron chi connectivity index (χ3n) is 5.87. The number of hydrogen-bond donors (Lipinski definition) is 0. The third-order valence-corrected chi connectivity index (χ3v) is 7.87. The highest BCUT2D eigenvalue weighted by Gasteiger charge is 2.38. The van der Waals surface area contributed by atoms with Gasteiger partial charge in [0.25, 0.3) is 10.2 Å². The van der Waals surface area contributed by atoms with Crippen molar-refractivity contribution in [3.05, 3.63) is 29.2 Å². The van der Waals surface area contributed by atoms with Gasteiger partial charge in [0, 0.05) is 43.9 Å². The smallest absolute Gasteiger partial charge is 0.233 e. The molecule has 2 aliphatic rings. The van der Waals surface area contributed by atoms with Crippen LogP contribution in [0.3, 0.4) is 0 Å². The van der Waals surface area contributed by atoms with Crippen molar-refractivity contribution in [3.8, 4) is 0 Å². The first-order valence-electron chi connectivity index (χ1n) is 10.3. The quantitative estimate of drug-likeness (QED) is 0.723. The molecule has 2 saturated heterocycles. The van der Waals surface area contributed by atoms with Crippen LogP contribution < -0.4 is 0 Å². The van der Waals surface area contributed by atoms with Crippen molar-refractivity contribution in [1.29, 1.82) is 0 Å². The molecule has 2 aromatic heterocycles. The fourth-order valence-electron chi connectivity index (χ4n) is 4.18. The van der Waals surface area contributed by atoms with E-state index in [1.807, 2.05) is 0 Å². The van der Waals surface area contributed by atoms with Gasteiger partial charge < -0.3 is 0 Å². The number of aromatic nitrogens is 3. The van der Waals surface area contributed by atoms with Gasteiger partial charge in [0.15, 0.2) is 5.65 Å². The Kier molecular flexibility index (Phi) is 5.56. The Bertz CT molecular complexity index is 1030. The van der Waals surface area contributed by atoms with E-state index in [0.717, 1.165) is 23.4 Å². The Morgan fingerprint density at radius 1 is 1.07 bits per heavy atom. The molecule has 2 aliphatic heterocycles. The summed E-state index contributed by atoms with van der Waals surface area (Å²) in [5.74, 6) is -0.424. The second-order valence-electron chi connectivity index (χ2n) is 8.37. The van der Waals surface area contributed by atoms with Gasteiger partial charge in [-0.3, -0.25) is 0 Å². The van der Waals surface area contributed by atoms with Crippen molar-refractivity contribution in [2.45, 2.75) is 57.5 Å². The summed E-state index contributed by atoms with van der Waals surface area (Å²) in [4.78, 5) is 4.36. The lowest BCUT2D eigenvalue weighted by Crippen LogP contribution is -2.46. The molecule has 2 aromatic rings. The molecular weight excluding hydrogens is 419 g/mol. The Morgan fingerprint density at radius 3 is 2.37 bits per heavy atom. The Labute approximate surface area is 174 Å². The standard InChI is InChI=1S/C19H26F3N5O2S/c1-13(2)15-10-17(19(20,21)22)27-18(23-15)11-16(24-27)14-6-5-9-26(12-14)30(28,29)25-7-3-4-8-25/h10-11,13-14H,3-9,12H2,1-2H3/t14-/m1/s1. The SMILES string of the molecule is CC(C)c1cc(C(F)(F)F)n2nc([C@@H]3CCCN(S(=O)(=O)N4CCCC4)C3)cc2n1. The fraction of sp³-hybridized carbons (Fsp3) is 0.684. The number of fused-ring (bicyclic) bond motifs is 1. The van der Waals surface area contributed by atoms with Crippen LogP contribution in [0.1, 0.15) is 68.4 Å². The summed E-state index contributed by atoms with van der Waals surface area (Å²) in [6, 6.07) is 2.61. The molecule has 1 atom stereocenters. The van der Waals surface area contributed by atoms with E-state index >= 15 is 0 Å². The Morgan fingerprint density at radius 2 is 1.73 bits per heavy atom. The number of halogens is 3. The minimum atomic E-state index is -4.56. The van der Waals surface area contributed by atoms with Crippen molar-refractivity contribution >= 4 is 15.9 Å². The van der Waals surface area contributed by atoms with Gasteiger partial charge in [0.2, 0.25) is 0 Å². The predicted octanol–water partition coefficient (Wildman–Crippen LogP) is 3.39. The molecule has 0 aliphatic carbocycles. The second-order valence-corrected chi connectivity index (χ2v) is 10.3. The zero-order valence-corrected chi connectivity index (χ0v) is 17.9. The highest BCUT2D eigenvalue weighted by atomic mass is 32.2. The lowest BCUT2D eigenvalue weighted by atomic mass is 9.96. The average Bonchev–Trinajstić information content (AvgIpc) is 3.36. The van der Waals surface area contributed by atoms with Crippen LogP contribution in [0.15, 0.2) is 12.1 Å². The van der Waals surface area contributed by atoms with Crippen molar-refractivity contribution in [3.63, 3.8) is 0 Å². The zero-order chi connectivity index (χ0) is 21.7. The molecule has 2 fully saturated rings. The lowest BCUT2D eigenvalue weighted by Gasteiger charge is -2.33. The van der Waals surface area contributed by atoms with Gasteiger partial charge in [-0.15, -0.1) is 0 Å². The summed E-state index contributed by atoms with van der Waals surface area (Å²) < 4.78 is 70.5. The largest absolute Gasteiger partial charge is 0.433 e. The van der Waals surface area contributed by atoms with Gasteiger partial charge in [-0.1, -0.05) is 13.8 Å². The lowest BCUT2D eigenvalue weighted by molar-refractivity contribution is -0.142. The third kappa shape index (κ3) is 3.94. The fourth-order valence-corrected chi connectivity index (χ4v) is 5.96. The van der Waals surface area contributed by atoms with Crippen molar-refractivity contribution < 1.29 is 21.6 Å². The van der Waals surface area contributed by atoms with E-state index in [0.29, 0.717) is 43.9 Å². The maximum atomic E-state index is 13.6. The molecule has 0 saturated carbocycles. The molecule has 0 unspecified atom stereocenters. The van der Waals surface area contributed by atoms with Gasteiger partial charge in [0.1, 0.15) is 5.69 Å². The Hall–Kier alpha value is -1.72. The highest BCUT2D eigenvalue weighted by Crippen LogP contribution is 2.34. The summed E-state index contributed by atoms with van der Waals surface area (Å²) in [6.45, 7) is 5.27. The van der Waals surface area contributed by atoms with Crippen LogP contribution in [-0.2, 0) is 16.4 Å². The van der Waals surface area contributed by atoms with E-state index in [4.69, 9.17) is 0 Å². The van der Waals surface area contributed by atoms with E-state index < -0.39 is 22.1 Å². The zero-order valence-electron chi connectivity index (χ0n) is 17.1. The highest BCUT2D eigenvalue weighted by molar-refractivity contribution is 7.86. The summed E-state index contributed by atoms with van der Waals surface area (Å²) >= 11 is 0. The van der Waals surface area contributed by atoms with E-state index in [1.54, 1.807) is 19.9 Å². The van der Waals surface area contributed by atoms with Crippen LogP contribution in [-0.4, -0.2) is 57.8 Å². The predicted molar refractivity (Wildman–Crippen MR) is 105 cm³/mol. The summed E-state index contributed by atoms with van der Waals surface area (Å²) in [5.41, 5.74) is 0.0845. The molecule has 0 radical (unpaired) electrons. The first kappa shape index (κ1) is 21.5. The van der Waals surface area contributed by atoms with Gasteiger partial charge in [-0.25, -0.2) is 9.50 Å². The first-order valence-corrected chi connectivity index (χ1v) is 11.7. The van der Waals surface area contributed by atoms with Crippen molar-refractivity contribution in [2.75, 3.05) is 26.2 Å².